The topological polar surface area (TPSA) is 0 Å². The summed E-state index contributed by atoms with van der Waals surface area (Å²) in [6.45, 7) is 6.28. The lowest BCUT2D eigenvalue weighted by molar-refractivity contribution is 0.780. The Morgan fingerprint density at radius 2 is 1.22 bits per heavy atom. The summed E-state index contributed by atoms with van der Waals surface area (Å²) < 4.78 is 0. The van der Waals surface area contributed by atoms with E-state index in [1.807, 2.05) is 24.3 Å². The molecule has 23 heavy (non-hydrogen) atoms. The Labute approximate surface area is 143 Å². The lowest BCUT2D eigenvalue weighted by Gasteiger charge is -2.33. The van der Waals surface area contributed by atoms with Crippen LogP contribution in [0.5, 0.6) is 0 Å². The molecule has 0 aliphatic carbocycles. The van der Waals surface area contributed by atoms with Gasteiger partial charge in [-0.2, -0.15) is 0 Å². The minimum atomic E-state index is -0.389. The molecular weight excluding hydrogens is 300 g/mol. The van der Waals surface area contributed by atoms with Gasteiger partial charge in [-0.1, -0.05) is 90.0 Å². The van der Waals surface area contributed by atoms with Crippen LogP contribution >= 0.6 is 11.6 Å². The average Bonchev–Trinajstić information content (AvgIpc) is 2.60. The highest BCUT2D eigenvalue weighted by atomic mass is 35.5. The highest BCUT2D eigenvalue weighted by Gasteiger charge is 2.32. The van der Waals surface area contributed by atoms with E-state index in [-0.39, 0.29) is 5.41 Å². The molecule has 0 radical (unpaired) electrons. The molecule has 0 nitrogen and oxygen atoms in total. The summed E-state index contributed by atoms with van der Waals surface area (Å²) in [5.41, 5.74) is 4.41. The molecule has 3 aromatic rings. The van der Waals surface area contributed by atoms with Crippen LogP contribution in [0.15, 0.2) is 91.5 Å². The summed E-state index contributed by atoms with van der Waals surface area (Å²) in [5, 5.41) is 0.740. The van der Waals surface area contributed by atoms with E-state index >= 15 is 0 Å². The fourth-order valence-electron chi connectivity index (χ4n) is 3.08. The van der Waals surface area contributed by atoms with Crippen molar-refractivity contribution in [2.24, 2.45) is 0 Å². The van der Waals surface area contributed by atoms with Gasteiger partial charge in [0.2, 0.25) is 0 Å². The molecule has 0 heterocycles. The van der Waals surface area contributed by atoms with Gasteiger partial charge in [0.25, 0.3) is 0 Å². The lowest BCUT2D eigenvalue weighted by atomic mass is 9.69. The molecule has 0 aliphatic heterocycles. The first-order chi connectivity index (χ1) is 11.2. The predicted octanol–water partition coefficient (Wildman–Crippen LogP) is 6.17. The first-order valence-electron chi connectivity index (χ1n) is 7.69. The third kappa shape index (κ3) is 2.83. The molecule has 0 saturated carbocycles. The number of aryl methyl sites for hydroxylation is 1. The zero-order valence-electron chi connectivity index (χ0n) is 13.2. The van der Waals surface area contributed by atoms with Gasteiger partial charge in [-0.25, -0.2) is 0 Å². The number of hydrogen-bond donors (Lipinski definition) is 0. The van der Waals surface area contributed by atoms with E-state index < -0.39 is 0 Å². The van der Waals surface area contributed by atoms with Crippen LogP contribution in [0.2, 0.25) is 5.02 Å². The zero-order valence-corrected chi connectivity index (χ0v) is 13.9. The van der Waals surface area contributed by atoms with Crippen LogP contribution in [0.25, 0.3) is 0 Å². The van der Waals surface area contributed by atoms with Crippen LogP contribution in [-0.4, -0.2) is 0 Å². The van der Waals surface area contributed by atoms with E-state index in [0.717, 1.165) is 10.6 Å². The molecule has 0 saturated heterocycles. The van der Waals surface area contributed by atoms with Gasteiger partial charge in [-0.05, 0) is 35.7 Å². The maximum absolute atomic E-state index is 6.09. The van der Waals surface area contributed by atoms with Crippen molar-refractivity contribution in [1.29, 1.82) is 0 Å². The second-order valence-electron chi connectivity index (χ2n) is 5.75. The van der Waals surface area contributed by atoms with E-state index in [2.05, 4.69) is 74.2 Å². The first-order valence-corrected chi connectivity index (χ1v) is 8.07. The summed E-state index contributed by atoms with van der Waals surface area (Å²) in [6, 6.07) is 27.2. The predicted molar refractivity (Wildman–Crippen MR) is 99.2 cm³/mol. The van der Waals surface area contributed by atoms with Crippen molar-refractivity contribution < 1.29 is 0 Å². The molecule has 0 bridgehead atoms. The third-order valence-corrected chi connectivity index (χ3v) is 4.59. The van der Waals surface area contributed by atoms with Crippen LogP contribution in [0, 0.1) is 6.92 Å². The molecule has 0 unspecified atom stereocenters. The Morgan fingerprint density at radius 3 is 1.74 bits per heavy atom. The molecule has 0 fully saturated rings. The quantitative estimate of drug-likeness (QED) is 0.398. The average molecular weight is 319 g/mol. The Balaban J connectivity index is 2.29. The van der Waals surface area contributed by atoms with Gasteiger partial charge in [-0.15, -0.1) is 6.58 Å². The standard InChI is InChI=1S/C22H19Cl/c1-3-22(18-7-5-4-6-8-18,19-11-9-17(2)10-12-19)20-13-15-21(23)16-14-20/h3-16H,1H2,2H3/t22-/m0/s1. The molecule has 0 aliphatic rings. The Bertz CT molecular complexity index is 738. The maximum atomic E-state index is 6.09. The molecule has 0 amide bonds. The first kappa shape index (κ1) is 15.6. The Morgan fingerprint density at radius 1 is 0.739 bits per heavy atom. The number of halogens is 1. The number of rotatable bonds is 4. The van der Waals surface area contributed by atoms with Crippen molar-refractivity contribution in [3.63, 3.8) is 0 Å². The van der Waals surface area contributed by atoms with Gasteiger partial charge < -0.3 is 0 Å². The van der Waals surface area contributed by atoms with Crippen molar-refractivity contribution in [3.8, 4) is 0 Å². The van der Waals surface area contributed by atoms with Crippen LogP contribution < -0.4 is 0 Å². The van der Waals surface area contributed by atoms with E-state index in [9.17, 15) is 0 Å². The number of benzene rings is 3. The van der Waals surface area contributed by atoms with Crippen molar-refractivity contribution in [3.05, 3.63) is 119 Å². The minimum absolute atomic E-state index is 0.389. The van der Waals surface area contributed by atoms with E-state index in [1.54, 1.807) is 0 Å². The van der Waals surface area contributed by atoms with E-state index in [1.165, 1.54) is 16.7 Å². The van der Waals surface area contributed by atoms with Crippen LogP contribution in [0.4, 0.5) is 0 Å². The van der Waals surface area contributed by atoms with Gasteiger partial charge in [-0.3, -0.25) is 0 Å². The van der Waals surface area contributed by atoms with E-state index in [4.69, 9.17) is 11.6 Å². The highest BCUT2D eigenvalue weighted by Crippen LogP contribution is 2.40. The van der Waals surface area contributed by atoms with Crippen molar-refractivity contribution >= 4 is 11.6 Å². The van der Waals surface area contributed by atoms with Crippen LogP contribution in [0.3, 0.4) is 0 Å². The molecule has 0 spiro atoms. The summed E-state index contributed by atoms with van der Waals surface area (Å²) in [4.78, 5) is 0. The van der Waals surface area contributed by atoms with Gasteiger partial charge in [0, 0.05) is 5.02 Å². The summed E-state index contributed by atoms with van der Waals surface area (Å²) >= 11 is 6.09. The fourth-order valence-corrected chi connectivity index (χ4v) is 3.21. The Hall–Kier alpha value is -2.31. The molecule has 0 N–H and O–H groups in total. The molecule has 1 atom stereocenters. The molecule has 0 aromatic heterocycles. The molecule has 1 heteroatoms. The van der Waals surface area contributed by atoms with E-state index in [0.29, 0.717) is 0 Å². The monoisotopic (exact) mass is 318 g/mol. The zero-order chi connectivity index (χ0) is 16.3. The second kappa shape index (κ2) is 6.44. The molecule has 114 valence electrons. The van der Waals surface area contributed by atoms with Gasteiger partial charge >= 0.3 is 0 Å². The van der Waals surface area contributed by atoms with Crippen LogP contribution in [-0.2, 0) is 5.41 Å². The SMILES string of the molecule is C=C[C@](c1ccccc1)(c1ccc(C)cc1)c1ccc(Cl)cc1. The summed E-state index contributed by atoms with van der Waals surface area (Å²) in [5.74, 6) is 0. The summed E-state index contributed by atoms with van der Waals surface area (Å²) in [6.07, 6.45) is 2.02. The normalized spacial score (nSPS) is 13.3. The van der Waals surface area contributed by atoms with Crippen LogP contribution in [0.1, 0.15) is 22.3 Å². The maximum Gasteiger partial charge on any atom is 0.0629 e. The fraction of sp³-hybridized carbons (Fsp3) is 0.0909. The van der Waals surface area contributed by atoms with Gasteiger partial charge in [0.1, 0.15) is 0 Å². The second-order valence-corrected chi connectivity index (χ2v) is 6.19. The highest BCUT2D eigenvalue weighted by molar-refractivity contribution is 6.30. The van der Waals surface area contributed by atoms with Gasteiger partial charge in [0.15, 0.2) is 0 Å². The number of allylic oxidation sites excluding steroid dienone is 1. The number of hydrogen-bond acceptors (Lipinski definition) is 0. The van der Waals surface area contributed by atoms with Crippen molar-refractivity contribution in [2.75, 3.05) is 0 Å². The minimum Gasteiger partial charge on any atom is -0.102 e. The third-order valence-electron chi connectivity index (χ3n) is 4.34. The largest absolute Gasteiger partial charge is 0.102 e. The molecule has 3 aromatic carbocycles. The molecule has 3 rings (SSSR count). The van der Waals surface area contributed by atoms with Crippen molar-refractivity contribution in [2.45, 2.75) is 12.3 Å². The lowest BCUT2D eigenvalue weighted by Crippen LogP contribution is -2.26. The van der Waals surface area contributed by atoms with Gasteiger partial charge in [0.05, 0.1) is 5.41 Å². The molecular formula is C22H19Cl. The smallest absolute Gasteiger partial charge is 0.0629 e. The van der Waals surface area contributed by atoms with Crippen molar-refractivity contribution in [1.82, 2.24) is 0 Å². The Kier molecular flexibility index (Phi) is 4.36. The summed E-state index contributed by atoms with van der Waals surface area (Å²) in [7, 11) is 0.